The highest BCUT2D eigenvalue weighted by Gasteiger charge is 2.20. The van der Waals surface area contributed by atoms with Crippen molar-refractivity contribution in [3.63, 3.8) is 0 Å². The van der Waals surface area contributed by atoms with Gasteiger partial charge in [0.1, 0.15) is 0 Å². The third-order valence-corrected chi connectivity index (χ3v) is 3.64. The Balaban J connectivity index is 1.67. The van der Waals surface area contributed by atoms with Gasteiger partial charge in [-0.25, -0.2) is 14.8 Å². The highest BCUT2D eigenvalue weighted by Crippen LogP contribution is 2.09. The van der Waals surface area contributed by atoms with Crippen LogP contribution >= 0.6 is 0 Å². The Morgan fingerprint density at radius 3 is 2.52 bits per heavy atom. The maximum Gasteiger partial charge on any atom is 0.321 e. The average molecular weight is 320 g/mol. The number of hydrogen-bond donors (Lipinski definition) is 2. The number of anilines is 1. The number of carbonyl (C=O) groups is 2. The van der Waals surface area contributed by atoms with Crippen LogP contribution in [0.5, 0.6) is 0 Å². The van der Waals surface area contributed by atoms with Crippen molar-refractivity contribution in [1.82, 2.24) is 25.5 Å². The lowest BCUT2D eigenvalue weighted by Gasteiger charge is -2.34. The molecule has 1 fully saturated rings. The van der Waals surface area contributed by atoms with Crippen molar-refractivity contribution in [3.05, 3.63) is 18.5 Å². The molecule has 1 aromatic heterocycles. The van der Waals surface area contributed by atoms with Crippen molar-refractivity contribution in [3.8, 4) is 0 Å². The normalized spacial score (nSPS) is 15.3. The molecule has 2 N–H and O–H groups in total. The molecule has 0 atom stereocenters. The first kappa shape index (κ1) is 17.1. The van der Waals surface area contributed by atoms with Gasteiger partial charge in [0.15, 0.2) is 0 Å². The lowest BCUT2D eigenvalue weighted by atomic mass is 10.3. The number of rotatable bonds is 6. The topological polar surface area (TPSA) is 90.5 Å². The summed E-state index contributed by atoms with van der Waals surface area (Å²) < 4.78 is 0. The summed E-state index contributed by atoms with van der Waals surface area (Å²) in [6.07, 6.45) is 5.35. The van der Waals surface area contributed by atoms with Crippen molar-refractivity contribution in [2.45, 2.75) is 19.8 Å². The summed E-state index contributed by atoms with van der Waals surface area (Å²) in [5, 5.41) is 5.03. The average Bonchev–Trinajstić information content (AvgIpc) is 2.56. The molecular weight excluding hydrogens is 296 g/mol. The van der Waals surface area contributed by atoms with Crippen LogP contribution in [0, 0.1) is 0 Å². The summed E-state index contributed by atoms with van der Waals surface area (Å²) in [5.74, 6) is 0.440. The van der Waals surface area contributed by atoms with Crippen LogP contribution in [0.1, 0.15) is 19.8 Å². The van der Waals surface area contributed by atoms with Crippen LogP contribution in [-0.4, -0.2) is 66.1 Å². The van der Waals surface area contributed by atoms with E-state index in [0.29, 0.717) is 12.5 Å². The van der Waals surface area contributed by atoms with Gasteiger partial charge in [0, 0.05) is 45.1 Å². The molecule has 0 aliphatic carbocycles. The Labute approximate surface area is 136 Å². The fourth-order valence-corrected chi connectivity index (χ4v) is 2.35. The number of unbranched alkanes of at least 4 members (excludes halogenated alkanes) is 1. The van der Waals surface area contributed by atoms with Gasteiger partial charge in [-0.2, -0.15) is 0 Å². The first-order chi connectivity index (χ1) is 11.2. The number of carbonyl (C=O) groups excluding carboxylic acids is 2. The maximum atomic E-state index is 11.9. The molecule has 3 amide bonds. The third-order valence-electron chi connectivity index (χ3n) is 3.64. The largest absolute Gasteiger partial charge is 0.338 e. The summed E-state index contributed by atoms with van der Waals surface area (Å²) in [4.78, 5) is 35.9. The van der Waals surface area contributed by atoms with E-state index in [0.717, 1.165) is 39.0 Å². The van der Waals surface area contributed by atoms with Crippen LogP contribution in [0.3, 0.4) is 0 Å². The zero-order chi connectivity index (χ0) is 16.5. The lowest BCUT2D eigenvalue weighted by molar-refractivity contribution is -0.121. The number of aromatic nitrogens is 2. The van der Waals surface area contributed by atoms with Crippen molar-refractivity contribution in [2.24, 2.45) is 0 Å². The quantitative estimate of drug-likeness (QED) is 0.729. The summed E-state index contributed by atoms with van der Waals surface area (Å²) in [7, 11) is 0. The number of nitrogens with one attached hydrogen (secondary N) is 2. The molecule has 2 rings (SSSR count). The van der Waals surface area contributed by atoms with E-state index in [1.807, 2.05) is 11.8 Å². The molecule has 0 aromatic carbocycles. The molecule has 0 saturated carbocycles. The summed E-state index contributed by atoms with van der Waals surface area (Å²) in [5.41, 5.74) is 0. The van der Waals surface area contributed by atoms with E-state index < -0.39 is 6.03 Å². The van der Waals surface area contributed by atoms with Gasteiger partial charge in [0.05, 0.1) is 6.54 Å². The molecule has 2 heterocycles. The Bertz CT molecular complexity index is 502. The highest BCUT2D eigenvalue weighted by molar-refractivity contribution is 5.95. The first-order valence-electron chi connectivity index (χ1n) is 8.01. The summed E-state index contributed by atoms with van der Waals surface area (Å²) in [6.45, 7) is 5.87. The number of urea groups is 1. The molecule has 23 heavy (non-hydrogen) atoms. The van der Waals surface area contributed by atoms with Crippen LogP contribution < -0.4 is 15.5 Å². The molecule has 1 saturated heterocycles. The van der Waals surface area contributed by atoms with Crippen LogP contribution in [0.2, 0.25) is 0 Å². The molecule has 0 radical (unpaired) electrons. The van der Waals surface area contributed by atoms with Gasteiger partial charge in [-0.1, -0.05) is 13.3 Å². The minimum absolute atomic E-state index is 0.227. The van der Waals surface area contributed by atoms with Gasteiger partial charge in [-0.05, 0) is 12.5 Å². The van der Waals surface area contributed by atoms with E-state index in [9.17, 15) is 9.59 Å². The second kappa shape index (κ2) is 9.04. The van der Waals surface area contributed by atoms with Gasteiger partial charge >= 0.3 is 6.03 Å². The van der Waals surface area contributed by atoms with Gasteiger partial charge in [0.25, 0.3) is 0 Å². The molecule has 1 aliphatic rings. The third kappa shape index (κ3) is 5.82. The SMILES string of the molecule is CCCCNC(=O)NC(=O)CN1CCN(c2ncccn2)CC1. The Hall–Kier alpha value is -2.22. The summed E-state index contributed by atoms with van der Waals surface area (Å²) >= 11 is 0. The first-order valence-corrected chi connectivity index (χ1v) is 8.01. The zero-order valence-corrected chi connectivity index (χ0v) is 13.5. The smallest absolute Gasteiger partial charge is 0.321 e. The van der Waals surface area contributed by atoms with Crippen molar-refractivity contribution < 1.29 is 9.59 Å². The molecule has 0 unspecified atom stereocenters. The second-order valence-corrected chi connectivity index (χ2v) is 5.47. The van der Waals surface area contributed by atoms with Crippen LogP contribution in [-0.2, 0) is 4.79 Å². The number of amides is 3. The van der Waals surface area contributed by atoms with Gasteiger partial charge in [-0.3, -0.25) is 15.0 Å². The van der Waals surface area contributed by atoms with Gasteiger partial charge in [-0.15, -0.1) is 0 Å². The van der Waals surface area contributed by atoms with Gasteiger partial charge in [0.2, 0.25) is 11.9 Å². The molecule has 1 aliphatic heterocycles. The van der Waals surface area contributed by atoms with Gasteiger partial charge < -0.3 is 10.2 Å². The van der Waals surface area contributed by atoms with E-state index in [1.54, 1.807) is 18.5 Å². The number of piperazine rings is 1. The van der Waals surface area contributed by atoms with E-state index in [2.05, 4.69) is 25.5 Å². The predicted octanol–water partition coefficient (Wildman–Crippen LogP) is 0.225. The Morgan fingerprint density at radius 1 is 1.17 bits per heavy atom. The minimum atomic E-state index is -0.417. The maximum absolute atomic E-state index is 11.9. The van der Waals surface area contributed by atoms with Crippen molar-refractivity contribution in [1.29, 1.82) is 0 Å². The van der Waals surface area contributed by atoms with E-state index in [1.165, 1.54) is 0 Å². The summed E-state index contributed by atoms with van der Waals surface area (Å²) in [6, 6.07) is 1.37. The predicted molar refractivity (Wildman–Crippen MR) is 87.1 cm³/mol. The fraction of sp³-hybridized carbons (Fsp3) is 0.600. The fourth-order valence-electron chi connectivity index (χ4n) is 2.35. The zero-order valence-electron chi connectivity index (χ0n) is 13.5. The second-order valence-electron chi connectivity index (χ2n) is 5.47. The Kier molecular flexibility index (Phi) is 6.74. The molecule has 8 nitrogen and oxygen atoms in total. The molecular formula is C15H24N6O2. The molecule has 0 bridgehead atoms. The lowest BCUT2D eigenvalue weighted by Crippen LogP contribution is -2.51. The minimum Gasteiger partial charge on any atom is -0.338 e. The van der Waals surface area contributed by atoms with E-state index in [-0.39, 0.29) is 12.5 Å². The van der Waals surface area contributed by atoms with Crippen LogP contribution in [0.4, 0.5) is 10.7 Å². The highest BCUT2D eigenvalue weighted by atomic mass is 16.2. The molecule has 8 heteroatoms. The standard InChI is InChI=1S/C15H24N6O2/c1-2-3-5-18-15(23)19-13(22)12-20-8-10-21(11-9-20)14-16-6-4-7-17-14/h4,6-7H,2-3,5,8-12H2,1H3,(H2,18,19,22,23). The van der Waals surface area contributed by atoms with E-state index in [4.69, 9.17) is 0 Å². The van der Waals surface area contributed by atoms with E-state index >= 15 is 0 Å². The molecule has 1 aromatic rings. The number of imide groups is 1. The monoisotopic (exact) mass is 320 g/mol. The van der Waals surface area contributed by atoms with Crippen molar-refractivity contribution in [2.75, 3.05) is 44.2 Å². The van der Waals surface area contributed by atoms with Crippen LogP contribution in [0.15, 0.2) is 18.5 Å². The Morgan fingerprint density at radius 2 is 1.87 bits per heavy atom. The number of hydrogen-bond acceptors (Lipinski definition) is 6. The molecule has 126 valence electrons. The molecule has 0 spiro atoms. The van der Waals surface area contributed by atoms with Crippen LogP contribution in [0.25, 0.3) is 0 Å². The number of nitrogens with zero attached hydrogens (tertiary/aromatic N) is 4. The van der Waals surface area contributed by atoms with Crippen molar-refractivity contribution >= 4 is 17.9 Å².